The maximum atomic E-state index is 5.78. The molecule has 2 aliphatic rings. The van der Waals surface area contributed by atoms with Gasteiger partial charge in [-0.05, 0) is 95.0 Å². The summed E-state index contributed by atoms with van der Waals surface area (Å²) in [6.07, 6.45) is 2.36. The number of hydrogen-bond donors (Lipinski definition) is 0. The Kier molecular flexibility index (Phi) is 4.77. The Balaban J connectivity index is 1.26. The van der Waals surface area contributed by atoms with Gasteiger partial charge in [0.05, 0.1) is 21.1 Å². The minimum Gasteiger partial charge on any atom is -0.247 e. The van der Waals surface area contributed by atoms with Gasteiger partial charge < -0.3 is 0 Å². The van der Waals surface area contributed by atoms with E-state index >= 15 is 0 Å². The third-order valence-electron chi connectivity index (χ3n) is 13.1. The van der Waals surface area contributed by atoms with E-state index in [9.17, 15) is 0 Å². The van der Waals surface area contributed by atoms with Gasteiger partial charge in [-0.25, -0.2) is 9.97 Å². The normalized spacial score (nSPS) is 20.0. The van der Waals surface area contributed by atoms with Gasteiger partial charge in [0.15, 0.2) is 0 Å². The first-order chi connectivity index (χ1) is 23.9. The molecule has 2 aliphatic carbocycles. The SMILES string of the molecule is CC12CCC(c3nc4c(-c5cc6cccc7ccc8cccc5c8c76)sc(-c5cc6cccc7ccc8cccc5c8c76)c4nc31)C2(C)C. The highest BCUT2D eigenvalue weighted by atomic mass is 32.1. The summed E-state index contributed by atoms with van der Waals surface area (Å²) in [6.45, 7) is 7.35. The minimum atomic E-state index is 0.0248. The van der Waals surface area contributed by atoms with E-state index in [0.29, 0.717) is 5.92 Å². The van der Waals surface area contributed by atoms with E-state index in [4.69, 9.17) is 9.97 Å². The van der Waals surface area contributed by atoms with Crippen LogP contribution in [0.2, 0.25) is 0 Å². The minimum absolute atomic E-state index is 0.0248. The lowest BCUT2D eigenvalue weighted by molar-refractivity contribution is 0.227. The largest absolute Gasteiger partial charge is 0.247 e. The van der Waals surface area contributed by atoms with Crippen LogP contribution < -0.4 is 0 Å². The van der Waals surface area contributed by atoms with Crippen molar-refractivity contribution in [2.45, 2.75) is 44.9 Å². The van der Waals surface area contributed by atoms with Crippen molar-refractivity contribution in [1.29, 1.82) is 0 Å². The summed E-state index contributed by atoms with van der Waals surface area (Å²) in [5.41, 5.74) is 7.27. The van der Waals surface area contributed by atoms with E-state index in [1.807, 2.05) is 11.3 Å². The molecule has 1 fully saturated rings. The molecule has 0 amide bonds. The van der Waals surface area contributed by atoms with Crippen molar-refractivity contribution in [3.8, 4) is 20.9 Å². The van der Waals surface area contributed by atoms with Crippen molar-refractivity contribution in [1.82, 2.24) is 9.97 Å². The molecule has 2 unspecified atom stereocenters. The van der Waals surface area contributed by atoms with Crippen LogP contribution in [0, 0.1) is 5.41 Å². The number of nitrogens with zero attached hydrogens (tertiary/aromatic N) is 2. The molecule has 0 spiro atoms. The Bertz CT molecular complexity index is 3060. The lowest BCUT2D eigenvalue weighted by Crippen LogP contribution is -2.31. The van der Waals surface area contributed by atoms with Gasteiger partial charge in [-0.15, -0.1) is 11.3 Å². The maximum Gasteiger partial charge on any atom is 0.108 e. The molecule has 2 aromatic heterocycles. The second kappa shape index (κ2) is 8.72. The van der Waals surface area contributed by atoms with Crippen LogP contribution in [0.15, 0.2) is 109 Å². The van der Waals surface area contributed by atoms with Crippen LogP contribution in [0.1, 0.15) is 50.9 Å². The Morgan fingerprint density at radius 3 is 1.57 bits per heavy atom. The zero-order chi connectivity index (χ0) is 32.4. The zero-order valence-electron chi connectivity index (χ0n) is 27.7. The summed E-state index contributed by atoms with van der Waals surface area (Å²) in [7, 11) is 0. The number of aromatic nitrogens is 2. The monoisotopic (exact) mass is 644 g/mol. The van der Waals surface area contributed by atoms with E-state index in [0.717, 1.165) is 11.0 Å². The number of hydrogen-bond acceptors (Lipinski definition) is 3. The van der Waals surface area contributed by atoms with Crippen molar-refractivity contribution in [3.63, 3.8) is 0 Å². The van der Waals surface area contributed by atoms with Crippen molar-refractivity contribution < 1.29 is 0 Å². The smallest absolute Gasteiger partial charge is 0.108 e. The molecule has 12 rings (SSSR count). The number of thiophene rings is 1. The second-order valence-corrected chi connectivity index (χ2v) is 16.5. The van der Waals surface area contributed by atoms with Gasteiger partial charge in [-0.1, -0.05) is 118 Å². The number of fused-ring (bicyclic) bond motifs is 6. The molecule has 1 saturated carbocycles. The molecule has 2 atom stereocenters. The fourth-order valence-electron chi connectivity index (χ4n) is 10.3. The summed E-state index contributed by atoms with van der Waals surface area (Å²) in [4.78, 5) is 14.0. The third-order valence-corrected chi connectivity index (χ3v) is 14.4. The first kappa shape index (κ1) is 26.8. The molecular weight excluding hydrogens is 613 g/mol. The number of rotatable bonds is 2. The van der Waals surface area contributed by atoms with Crippen LogP contribution in [0.5, 0.6) is 0 Å². The van der Waals surface area contributed by atoms with Crippen molar-refractivity contribution >= 4 is 87.0 Å². The molecule has 232 valence electrons. The van der Waals surface area contributed by atoms with Gasteiger partial charge in [-0.2, -0.15) is 0 Å². The van der Waals surface area contributed by atoms with Crippen LogP contribution in [-0.4, -0.2) is 9.97 Å². The molecular formula is C46H32N2S. The fraction of sp³-hybridized carbons (Fsp3) is 0.174. The van der Waals surface area contributed by atoms with Gasteiger partial charge in [0, 0.05) is 22.5 Å². The molecule has 0 radical (unpaired) electrons. The Morgan fingerprint density at radius 2 is 1.02 bits per heavy atom. The van der Waals surface area contributed by atoms with Crippen LogP contribution in [0.25, 0.3) is 96.5 Å². The fourth-order valence-corrected chi connectivity index (χ4v) is 11.5. The molecule has 49 heavy (non-hydrogen) atoms. The topological polar surface area (TPSA) is 25.8 Å². The van der Waals surface area contributed by atoms with Crippen LogP contribution in [-0.2, 0) is 5.41 Å². The summed E-state index contributed by atoms with van der Waals surface area (Å²) in [5.74, 6) is 0.436. The number of benzene rings is 8. The van der Waals surface area contributed by atoms with Gasteiger partial charge in [-0.3, -0.25) is 0 Å². The molecule has 3 heteroatoms. The highest BCUT2D eigenvalue weighted by Crippen LogP contribution is 2.67. The van der Waals surface area contributed by atoms with Gasteiger partial charge in [0.2, 0.25) is 0 Å². The maximum absolute atomic E-state index is 5.78. The van der Waals surface area contributed by atoms with Gasteiger partial charge >= 0.3 is 0 Å². The summed E-state index contributed by atoms with van der Waals surface area (Å²) in [5, 5.41) is 15.7. The van der Waals surface area contributed by atoms with E-state index in [1.54, 1.807) is 0 Å². The third kappa shape index (κ3) is 3.11. The van der Waals surface area contributed by atoms with E-state index in [2.05, 4.69) is 130 Å². The zero-order valence-corrected chi connectivity index (χ0v) is 28.5. The lowest BCUT2D eigenvalue weighted by Gasteiger charge is -2.34. The van der Waals surface area contributed by atoms with Crippen LogP contribution in [0.4, 0.5) is 0 Å². The van der Waals surface area contributed by atoms with Gasteiger partial charge in [0.1, 0.15) is 11.0 Å². The second-order valence-electron chi connectivity index (χ2n) is 15.5. The standard InChI is InChI=1S/C46H32N2S/c1-45(2)34-20-21-46(45,3)44-39(34)47-40-41(48-44)43(33-23-29-13-5-9-25-17-19-27-11-7-15-31(33)38(27)36(25)29)49-42(40)32-22-28-12-4-8-24-16-18-26-10-6-14-30(32)37(26)35(24)28/h4-19,22-23,34H,20-21H2,1-3H3. The van der Waals surface area contributed by atoms with E-state index in [-0.39, 0.29) is 10.8 Å². The Morgan fingerprint density at radius 1 is 0.551 bits per heavy atom. The molecule has 10 aromatic rings. The van der Waals surface area contributed by atoms with Crippen molar-refractivity contribution in [3.05, 3.63) is 121 Å². The Hall–Kier alpha value is -5.12. The van der Waals surface area contributed by atoms with E-state index in [1.165, 1.54) is 110 Å². The summed E-state index contributed by atoms with van der Waals surface area (Å²) >= 11 is 1.89. The average molecular weight is 645 g/mol. The van der Waals surface area contributed by atoms with Crippen molar-refractivity contribution in [2.24, 2.45) is 5.41 Å². The highest BCUT2D eigenvalue weighted by molar-refractivity contribution is 7.21. The first-order valence-electron chi connectivity index (χ1n) is 17.6. The summed E-state index contributed by atoms with van der Waals surface area (Å²) in [6, 6.07) is 41.0. The van der Waals surface area contributed by atoms with Crippen LogP contribution >= 0.6 is 11.3 Å². The van der Waals surface area contributed by atoms with Crippen LogP contribution in [0.3, 0.4) is 0 Å². The van der Waals surface area contributed by atoms with E-state index < -0.39 is 0 Å². The summed E-state index contributed by atoms with van der Waals surface area (Å²) < 4.78 is 0. The molecule has 8 aromatic carbocycles. The molecule has 2 nitrogen and oxygen atoms in total. The first-order valence-corrected chi connectivity index (χ1v) is 18.4. The molecule has 2 bridgehead atoms. The Labute approximate surface area is 287 Å². The molecule has 2 heterocycles. The van der Waals surface area contributed by atoms with Crippen molar-refractivity contribution in [2.75, 3.05) is 0 Å². The lowest BCUT2D eigenvalue weighted by atomic mass is 9.70. The molecule has 0 aliphatic heterocycles. The highest BCUT2D eigenvalue weighted by Gasteiger charge is 2.61. The average Bonchev–Trinajstić information content (AvgIpc) is 3.66. The quantitative estimate of drug-likeness (QED) is 0.175. The molecule has 0 N–H and O–H groups in total. The predicted octanol–water partition coefficient (Wildman–Crippen LogP) is 13.0. The van der Waals surface area contributed by atoms with Gasteiger partial charge in [0.25, 0.3) is 0 Å². The molecule has 0 saturated heterocycles. The predicted molar refractivity (Wildman–Crippen MR) is 209 cm³/mol.